The van der Waals surface area contributed by atoms with Gasteiger partial charge >= 0.3 is 0 Å². The van der Waals surface area contributed by atoms with Gasteiger partial charge in [0.2, 0.25) is 0 Å². The molecule has 0 bridgehead atoms. The van der Waals surface area contributed by atoms with E-state index in [1.165, 1.54) is 55.2 Å². The Hall–Kier alpha value is -8.14. The van der Waals surface area contributed by atoms with E-state index in [1.54, 1.807) is 0 Å². The molecule has 13 rings (SSSR count). The number of allylic oxidation sites excluding steroid dienone is 4. The number of hydrogen-bond acceptors (Lipinski definition) is 2. The zero-order chi connectivity index (χ0) is 43.1. The Kier molecular flexibility index (Phi) is 8.48. The van der Waals surface area contributed by atoms with Crippen molar-refractivity contribution in [1.29, 1.82) is 0 Å². The first-order chi connectivity index (χ1) is 32.1. The Balaban J connectivity index is 0.942. The molecular weight excluding hydrogens is 789 g/mol. The normalized spacial score (nSPS) is 16.7. The van der Waals surface area contributed by atoms with Crippen LogP contribution in [0.3, 0.4) is 0 Å². The van der Waals surface area contributed by atoms with Crippen LogP contribution in [0, 0.1) is 5.92 Å². The maximum atomic E-state index is 6.85. The first-order valence-corrected chi connectivity index (χ1v) is 22.7. The molecule has 3 heteroatoms. The molecule has 0 aliphatic heterocycles. The lowest BCUT2D eigenvalue weighted by molar-refractivity contribution is 0.669. The van der Waals surface area contributed by atoms with Crippen LogP contribution in [-0.4, -0.2) is 4.57 Å². The van der Waals surface area contributed by atoms with Crippen molar-refractivity contribution >= 4 is 66.4 Å². The summed E-state index contributed by atoms with van der Waals surface area (Å²) in [6, 6.07) is 79.7. The first kappa shape index (κ1) is 37.4. The summed E-state index contributed by atoms with van der Waals surface area (Å²) < 4.78 is 9.22. The van der Waals surface area contributed by atoms with E-state index in [1.807, 2.05) is 0 Å². The second kappa shape index (κ2) is 14.7. The third-order valence-corrected chi connectivity index (χ3v) is 14.1. The SMILES string of the molecule is CC1CC=CC2=C1c1ccccc1C2(c1ccccc1)c1cccc(N(c2ccccc2)c2ccc3c(c2)oc2cc(-c4ccc5c6ccccc6n(-c6ccccc6)c5c4)ccc23)c1. The number of rotatable bonds is 7. The van der Waals surface area contributed by atoms with Crippen molar-refractivity contribution in [3.05, 3.63) is 258 Å². The quantitative estimate of drug-likeness (QED) is 0.160. The van der Waals surface area contributed by atoms with E-state index in [0.717, 1.165) is 62.2 Å². The highest BCUT2D eigenvalue weighted by molar-refractivity contribution is 6.11. The van der Waals surface area contributed by atoms with Gasteiger partial charge in [-0.15, -0.1) is 0 Å². The molecule has 11 aromatic rings. The second-order valence-electron chi connectivity index (χ2n) is 17.7. The number of anilines is 3. The average Bonchev–Trinajstić information content (AvgIpc) is 4.01. The Morgan fingerprint density at radius 3 is 1.94 bits per heavy atom. The van der Waals surface area contributed by atoms with E-state index in [4.69, 9.17) is 4.42 Å². The summed E-state index contributed by atoms with van der Waals surface area (Å²) in [4.78, 5) is 2.37. The van der Waals surface area contributed by atoms with E-state index in [9.17, 15) is 0 Å². The van der Waals surface area contributed by atoms with Gasteiger partial charge < -0.3 is 13.9 Å². The van der Waals surface area contributed by atoms with Crippen LogP contribution < -0.4 is 4.90 Å². The fourth-order valence-corrected chi connectivity index (χ4v) is 11.3. The Morgan fingerprint density at radius 1 is 0.492 bits per heavy atom. The van der Waals surface area contributed by atoms with E-state index in [0.29, 0.717) is 5.92 Å². The van der Waals surface area contributed by atoms with Gasteiger partial charge in [-0.25, -0.2) is 0 Å². The van der Waals surface area contributed by atoms with Gasteiger partial charge in [-0.3, -0.25) is 0 Å². The van der Waals surface area contributed by atoms with Gasteiger partial charge in [0.15, 0.2) is 0 Å². The largest absolute Gasteiger partial charge is 0.456 e. The molecule has 2 unspecified atom stereocenters. The summed E-state index contributed by atoms with van der Waals surface area (Å²) in [5, 5.41) is 4.69. The topological polar surface area (TPSA) is 21.3 Å². The smallest absolute Gasteiger partial charge is 0.137 e. The lowest BCUT2D eigenvalue weighted by Gasteiger charge is -2.36. The van der Waals surface area contributed by atoms with Crippen molar-refractivity contribution in [2.75, 3.05) is 4.90 Å². The summed E-state index contributed by atoms with van der Waals surface area (Å²) in [5.74, 6) is 0.425. The van der Waals surface area contributed by atoms with Crippen molar-refractivity contribution in [3.8, 4) is 16.8 Å². The minimum Gasteiger partial charge on any atom is -0.456 e. The molecule has 2 atom stereocenters. The Labute approximate surface area is 378 Å². The predicted octanol–water partition coefficient (Wildman–Crippen LogP) is 16.5. The number of nitrogens with zero attached hydrogens (tertiary/aromatic N) is 2. The van der Waals surface area contributed by atoms with E-state index in [-0.39, 0.29) is 0 Å². The molecule has 2 aromatic heterocycles. The number of aromatic nitrogens is 1. The Morgan fingerprint density at radius 2 is 1.11 bits per heavy atom. The summed E-state index contributed by atoms with van der Waals surface area (Å²) >= 11 is 0. The molecule has 0 amide bonds. The van der Waals surface area contributed by atoms with Gasteiger partial charge in [0.05, 0.1) is 16.4 Å². The highest BCUT2D eigenvalue weighted by atomic mass is 16.3. The maximum absolute atomic E-state index is 6.85. The summed E-state index contributed by atoms with van der Waals surface area (Å²) in [6.45, 7) is 2.38. The Bertz CT molecular complexity index is 3710. The van der Waals surface area contributed by atoms with Crippen molar-refractivity contribution in [2.24, 2.45) is 5.92 Å². The minimum atomic E-state index is -0.472. The molecule has 0 N–H and O–H groups in total. The molecule has 65 heavy (non-hydrogen) atoms. The van der Waals surface area contributed by atoms with E-state index >= 15 is 0 Å². The van der Waals surface area contributed by atoms with Crippen molar-refractivity contribution in [1.82, 2.24) is 4.57 Å². The van der Waals surface area contributed by atoms with Crippen molar-refractivity contribution in [3.63, 3.8) is 0 Å². The monoisotopic (exact) mass is 832 g/mol. The zero-order valence-electron chi connectivity index (χ0n) is 36.0. The van der Waals surface area contributed by atoms with Crippen LogP contribution in [0.25, 0.3) is 66.1 Å². The molecule has 0 saturated carbocycles. The van der Waals surface area contributed by atoms with Gasteiger partial charge in [0, 0.05) is 50.4 Å². The first-order valence-electron chi connectivity index (χ1n) is 22.7. The van der Waals surface area contributed by atoms with Crippen LogP contribution in [-0.2, 0) is 5.41 Å². The van der Waals surface area contributed by atoms with Gasteiger partial charge in [-0.05, 0) is 130 Å². The van der Waals surface area contributed by atoms with E-state index < -0.39 is 5.41 Å². The standard InChI is InChI=1S/C62H44N2O/c1-41-17-15-29-56-61(41)54-27-11-13-28-55(54)62(56,44-18-5-2-6-19-44)45-20-16-25-48(39-45)63(46-21-7-3-8-22-46)49-33-36-53-52-35-32-43(38-59(52)65-60(53)40-49)42-31-34-51-50-26-12-14-30-57(50)64(58(51)37-42)47-23-9-4-10-24-47/h2-16,18-41H,17H2,1H3. The highest BCUT2D eigenvalue weighted by Crippen LogP contribution is 2.58. The van der Waals surface area contributed by atoms with Crippen LogP contribution in [0.4, 0.5) is 17.1 Å². The molecular formula is C62H44N2O. The molecule has 0 saturated heterocycles. The summed E-state index contributed by atoms with van der Waals surface area (Å²) in [6.07, 6.45) is 5.83. The number of para-hydroxylation sites is 3. The number of benzene rings is 9. The molecule has 2 heterocycles. The zero-order valence-corrected chi connectivity index (χ0v) is 36.0. The number of fused-ring (bicyclic) bond motifs is 8. The summed E-state index contributed by atoms with van der Waals surface area (Å²) in [7, 11) is 0. The number of hydrogen-bond donors (Lipinski definition) is 0. The fourth-order valence-electron chi connectivity index (χ4n) is 11.3. The average molecular weight is 833 g/mol. The van der Waals surface area contributed by atoms with Crippen LogP contribution in [0.15, 0.2) is 241 Å². The fraction of sp³-hybridized carbons (Fsp3) is 0.0645. The van der Waals surface area contributed by atoms with Crippen LogP contribution in [0.2, 0.25) is 0 Å². The minimum absolute atomic E-state index is 0.425. The third kappa shape index (κ3) is 5.68. The second-order valence-corrected chi connectivity index (χ2v) is 17.7. The molecule has 0 spiro atoms. The summed E-state index contributed by atoms with van der Waals surface area (Å²) in [5.41, 5.74) is 18.3. The van der Waals surface area contributed by atoms with Gasteiger partial charge in [0.25, 0.3) is 0 Å². The van der Waals surface area contributed by atoms with Crippen molar-refractivity contribution in [2.45, 2.75) is 18.8 Å². The van der Waals surface area contributed by atoms with Gasteiger partial charge in [-0.2, -0.15) is 0 Å². The van der Waals surface area contributed by atoms with Gasteiger partial charge in [0.1, 0.15) is 11.2 Å². The molecule has 2 aliphatic carbocycles. The lowest BCUT2D eigenvalue weighted by atomic mass is 9.66. The van der Waals surface area contributed by atoms with Crippen LogP contribution in [0.5, 0.6) is 0 Å². The predicted molar refractivity (Wildman–Crippen MR) is 271 cm³/mol. The molecule has 308 valence electrons. The molecule has 0 fully saturated rings. The molecule has 9 aromatic carbocycles. The number of furan rings is 1. The molecule has 3 nitrogen and oxygen atoms in total. The van der Waals surface area contributed by atoms with E-state index in [2.05, 4.69) is 247 Å². The highest BCUT2D eigenvalue weighted by Gasteiger charge is 2.48. The van der Waals surface area contributed by atoms with Crippen LogP contribution >= 0.6 is 0 Å². The van der Waals surface area contributed by atoms with Crippen LogP contribution in [0.1, 0.15) is 35.6 Å². The third-order valence-electron chi connectivity index (χ3n) is 14.1. The molecule has 2 aliphatic rings. The van der Waals surface area contributed by atoms with Crippen molar-refractivity contribution < 1.29 is 4.42 Å². The lowest BCUT2D eigenvalue weighted by Crippen LogP contribution is -2.30. The maximum Gasteiger partial charge on any atom is 0.137 e. The van der Waals surface area contributed by atoms with Gasteiger partial charge in [-0.1, -0.05) is 159 Å². The molecule has 0 radical (unpaired) electrons.